The Morgan fingerprint density at radius 1 is 1.12 bits per heavy atom. The predicted molar refractivity (Wildman–Crippen MR) is 108 cm³/mol. The van der Waals surface area contributed by atoms with Gasteiger partial charge in [0.25, 0.3) is 5.91 Å². The maximum absolute atomic E-state index is 13.2. The van der Waals surface area contributed by atoms with Crippen molar-refractivity contribution < 1.29 is 4.79 Å². The Balaban J connectivity index is 1.85. The van der Waals surface area contributed by atoms with Crippen LogP contribution in [-0.2, 0) is 13.0 Å². The van der Waals surface area contributed by atoms with Gasteiger partial charge in [-0.2, -0.15) is 0 Å². The summed E-state index contributed by atoms with van der Waals surface area (Å²) in [5, 5.41) is 4.77. The van der Waals surface area contributed by atoms with Crippen molar-refractivity contribution in [2.75, 3.05) is 0 Å². The lowest BCUT2D eigenvalue weighted by molar-refractivity contribution is 0.0680. The van der Waals surface area contributed by atoms with E-state index in [4.69, 9.17) is 11.6 Å². The molecule has 0 fully saturated rings. The van der Waals surface area contributed by atoms with Crippen LogP contribution in [-0.4, -0.2) is 16.8 Å². The van der Waals surface area contributed by atoms with Gasteiger partial charge in [-0.05, 0) is 60.0 Å². The first kappa shape index (κ1) is 18.2. The highest BCUT2D eigenvalue weighted by atomic mass is 35.5. The zero-order valence-electron chi connectivity index (χ0n) is 14.2. The van der Waals surface area contributed by atoms with Crippen molar-refractivity contribution in [2.24, 2.45) is 0 Å². The predicted octanol–water partition coefficient (Wildman–Crippen LogP) is 6.05. The van der Waals surface area contributed by atoms with E-state index in [1.165, 1.54) is 16.2 Å². The van der Waals surface area contributed by atoms with E-state index >= 15 is 0 Å². The number of thiophene rings is 2. The smallest absolute Gasteiger partial charge is 0.264 e. The molecular formula is C20H20ClNOS2. The van der Waals surface area contributed by atoms with Crippen LogP contribution in [0.5, 0.6) is 0 Å². The molecule has 5 heteroatoms. The SMILES string of the molecule is Cc1ccsc1C(=O)N(Cc1ccc(Cl)cc1)[C@@H](C)Cc1cccs1. The van der Waals surface area contributed by atoms with Gasteiger partial charge in [0.2, 0.25) is 0 Å². The van der Waals surface area contributed by atoms with Crippen molar-refractivity contribution in [2.45, 2.75) is 32.9 Å². The van der Waals surface area contributed by atoms with Gasteiger partial charge < -0.3 is 4.90 Å². The van der Waals surface area contributed by atoms with Crippen LogP contribution in [0.2, 0.25) is 5.02 Å². The topological polar surface area (TPSA) is 20.3 Å². The van der Waals surface area contributed by atoms with E-state index in [1.54, 1.807) is 11.3 Å². The zero-order chi connectivity index (χ0) is 17.8. The summed E-state index contributed by atoms with van der Waals surface area (Å²) >= 11 is 9.24. The number of aryl methyl sites for hydroxylation is 1. The van der Waals surface area contributed by atoms with Gasteiger partial charge in [0, 0.05) is 28.9 Å². The van der Waals surface area contributed by atoms with Crippen molar-refractivity contribution >= 4 is 40.2 Å². The van der Waals surface area contributed by atoms with E-state index in [-0.39, 0.29) is 11.9 Å². The Hall–Kier alpha value is -1.62. The molecule has 1 atom stereocenters. The zero-order valence-corrected chi connectivity index (χ0v) is 16.6. The molecule has 2 heterocycles. The highest BCUT2D eigenvalue weighted by Crippen LogP contribution is 2.23. The van der Waals surface area contributed by atoms with Crippen LogP contribution >= 0.6 is 34.3 Å². The molecular weight excluding hydrogens is 370 g/mol. The monoisotopic (exact) mass is 389 g/mol. The van der Waals surface area contributed by atoms with Crippen molar-refractivity contribution in [1.82, 2.24) is 4.90 Å². The van der Waals surface area contributed by atoms with Crippen LogP contribution in [0.3, 0.4) is 0 Å². The first-order valence-electron chi connectivity index (χ1n) is 8.16. The second kappa shape index (κ2) is 8.17. The summed E-state index contributed by atoms with van der Waals surface area (Å²) in [5.74, 6) is 0.103. The molecule has 0 bridgehead atoms. The molecule has 1 aromatic carbocycles. The third-order valence-corrected chi connectivity index (χ3v) is 6.35. The Labute approximate surface area is 161 Å². The van der Waals surface area contributed by atoms with E-state index in [1.807, 2.05) is 47.5 Å². The molecule has 1 amide bonds. The fourth-order valence-corrected chi connectivity index (χ4v) is 4.60. The number of rotatable bonds is 6. The summed E-state index contributed by atoms with van der Waals surface area (Å²) in [4.78, 5) is 17.3. The van der Waals surface area contributed by atoms with Crippen LogP contribution in [0.1, 0.15) is 32.6 Å². The summed E-state index contributed by atoms with van der Waals surface area (Å²) in [6, 6.07) is 14.0. The van der Waals surface area contributed by atoms with E-state index in [9.17, 15) is 4.79 Å². The fourth-order valence-electron chi connectivity index (χ4n) is 2.77. The maximum Gasteiger partial charge on any atom is 0.264 e. The number of carbonyl (C=O) groups is 1. The summed E-state index contributed by atoms with van der Waals surface area (Å²) < 4.78 is 0. The highest BCUT2D eigenvalue weighted by molar-refractivity contribution is 7.12. The maximum atomic E-state index is 13.2. The number of benzene rings is 1. The third kappa shape index (κ3) is 4.51. The Bertz CT molecular complexity index is 824. The van der Waals surface area contributed by atoms with Gasteiger partial charge in [0.1, 0.15) is 0 Å². The van der Waals surface area contributed by atoms with Gasteiger partial charge in [0.05, 0.1) is 4.88 Å². The second-order valence-corrected chi connectivity index (χ2v) is 8.51. The van der Waals surface area contributed by atoms with E-state index in [0.717, 1.165) is 22.4 Å². The van der Waals surface area contributed by atoms with Crippen molar-refractivity contribution in [3.63, 3.8) is 0 Å². The van der Waals surface area contributed by atoms with Crippen molar-refractivity contribution in [3.8, 4) is 0 Å². The van der Waals surface area contributed by atoms with Gasteiger partial charge in [-0.1, -0.05) is 29.8 Å². The number of hydrogen-bond acceptors (Lipinski definition) is 3. The molecule has 0 radical (unpaired) electrons. The number of hydrogen-bond donors (Lipinski definition) is 0. The number of carbonyl (C=O) groups excluding carboxylic acids is 1. The summed E-state index contributed by atoms with van der Waals surface area (Å²) in [5.41, 5.74) is 2.13. The molecule has 0 unspecified atom stereocenters. The van der Waals surface area contributed by atoms with Crippen molar-refractivity contribution in [3.05, 3.63) is 79.1 Å². The molecule has 0 aliphatic carbocycles. The highest BCUT2D eigenvalue weighted by Gasteiger charge is 2.24. The Morgan fingerprint density at radius 3 is 2.48 bits per heavy atom. The number of halogens is 1. The number of nitrogens with zero attached hydrogens (tertiary/aromatic N) is 1. The largest absolute Gasteiger partial charge is 0.331 e. The summed E-state index contributed by atoms with van der Waals surface area (Å²) in [6.45, 7) is 4.70. The van der Waals surface area contributed by atoms with Crippen LogP contribution in [0.15, 0.2) is 53.2 Å². The second-order valence-electron chi connectivity index (χ2n) is 6.12. The molecule has 0 spiro atoms. The normalized spacial score (nSPS) is 12.1. The molecule has 2 nitrogen and oxygen atoms in total. The van der Waals surface area contributed by atoms with Gasteiger partial charge in [-0.15, -0.1) is 22.7 Å². The van der Waals surface area contributed by atoms with Crippen molar-refractivity contribution in [1.29, 1.82) is 0 Å². The first-order valence-corrected chi connectivity index (χ1v) is 10.3. The molecule has 0 aliphatic rings. The molecule has 130 valence electrons. The average Bonchev–Trinajstić information content (AvgIpc) is 3.25. The molecule has 25 heavy (non-hydrogen) atoms. The molecule has 0 saturated carbocycles. The van der Waals surface area contributed by atoms with E-state index in [0.29, 0.717) is 11.6 Å². The molecule has 3 rings (SSSR count). The summed E-state index contributed by atoms with van der Waals surface area (Å²) in [6.07, 6.45) is 0.863. The van der Waals surface area contributed by atoms with E-state index < -0.39 is 0 Å². The minimum absolute atomic E-state index is 0.103. The lowest BCUT2D eigenvalue weighted by atomic mass is 10.1. The Morgan fingerprint density at radius 2 is 1.88 bits per heavy atom. The van der Waals surface area contributed by atoms with Gasteiger partial charge in [0.15, 0.2) is 0 Å². The minimum Gasteiger partial charge on any atom is -0.331 e. The molecule has 2 aromatic heterocycles. The molecule has 0 N–H and O–H groups in total. The van der Waals surface area contributed by atoms with Crippen LogP contribution in [0.25, 0.3) is 0 Å². The van der Waals surface area contributed by atoms with Crippen LogP contribution in [0, 0.1) is 6.92 Å². The van der Waals surface area contributed by atoms with Gasteiger partial charge >= 0.3 is 0 Å². The summed E-state index contributed by atoms with van der Waals surface area (Å²) in [7, 11) is 0. The quantitative estimate of drug-likeness (QED) is 0.502. The lowest BCUT2D eigenvalue weighted by Crippen LogP contribution is -2.39. The number of amides is 1. The Kier molecular flexibility index (Phi) is 5.94. The first-order chi connectivity index (χ1) is 12.0. The molecule has 3 aromatic rings. The standard InChI is InChI=1S/C20H20ClNOS2/c1-14-9-11-25-19(14)20(23)22(13-16-5-7-17(21)8-6-16)15(2)12-18-4-3-10-24-18/h3-11,15H,12-13H2,1-2H3/t15-/m0/s1. The van der Waals surface area contributed by atoms with E-state index in [2.05, 4.69) is 24.4 Å². The lowest BCUT2D eigenvalue weighted by Gasteiger charge is -2.29. The molecule has 0 saturated heterocycles. The minimum atomic E-state index is 0.103. The van der Waals surface area contributed by atoms with Gasteiger partial charge in [-0.3, -0.25) is 4.79 Å². The fraction of sp³-hybridized carbons (Fsp3) is 0.250. The van der Waals surface area contributed by atoms with Crippen LogP contribution < -0.4 is 0 Å². The average molecular weight is 390 g/mol. The molecule has 0 aliphatic heterocycles. The third-order valence-electron chi connectivity index (χ3n) is 4.19. The van der Waals surface area contributed by atoms with Gasteiger partial charge in [-0.25, -0.2) is 0 Å². The van der Waals surface area contributed by atoms with Crippen LogP contribution in [0.4, 0.5) is 0 Å².